The summed E-state index contributed by atoms with van der Waals surface area (Å²) in [6.45, 7) is 3.64. The van der Waals surface area contributed by atoms with Crippen LogP contribution in [0, 0.1) is 6.92 Å². The fraction of sp³-hybridized carbons (Fsp3) is 0.350. The first-order valence-corrected chi connectivity index (χ1v) is 9.83. The summed E-state index contributed by atoms with van der Waals surface area (Å²) in [6, 6.07) is 7.49. The first kappa shape index (κ1) is 19.9. The van der Waals surface area contributed by atoms with E-state index >= 15 is 0 Å². The van der Waals surface area contributed by atoms with Gasteiger partial charge in [-0.2, -0.15) is 0 Å². The van der Waals surface area contributed by atoms with Gasteiger partial charge in [0.15, 0.2) is 0 Å². The molecule has 7 nitrogen and oxygen atoms in total. The smallest absolute Gasteiger partial charge is 0.332 e. The van der Waals surface area contributed by atoms with Gasteiger partial charge in [-0.05, 0) is 48.7 Å². The number of rotatable bonds is 7. The van der Waals surface area contributed by atoms with Gasteiger partial charge in [-0.25, -0.2) is 9.36 Å². The quantitative estimate of drug-likeness (QED) is 0.656. The average Bonchev–Trinajstić information content (AvgIpc) is 3.02. The lowest BCUT2D eigenvalue weighted by Crippen LogP contribution is -2.41. The molecule has 0 atom stereocenters. The Bertz CT molecular complexity index is 1140. The lowest BCUT2D eigenvalue weighted by molar-refractivity contribution is -0.137. The van der Waals surface area contributed by atoms with Gasteiger partial charge in [0.1, 0.15) is 17.1 Å². The number of aliphatic carboxylic acids is 1. The number of carboxylic acid groups (broad SMARTS) is 1. The van der Waals surface area contributed by atoms with Crippen LogP contribution < -0.4 is 16.0 Å². The molecule has 1 aromatic carbocycles. The van der Waals surface area contributed by atoms with E-state index in [1.54, 1.807) is 7.11 Å². The highest BCUT2D eigenvalue weighted by Gasteiger charge is 2.21. The Labute approximate surface area is 165 Å². The molecule has 0 aliphatic carbocycles. The van der Waals surface area contributed by atoms with Crippen LogP contribution >= 0.6 is 11.3 Å². The standard InChI is InChI=1S/C20H22N2O5S/c1-4-5-10-21-19-16(18(25)22(20(21)26)11-15(23)24)12(2)17(28-19)13-6-8-14(27-3)9-7-13/h6-9H,4-5,10-11H2,1-3H3,(H,23,24). The maximum atomic E-state index is 12.9. The Morgan fingerprint density at radius 2 is 1.86 bits per heavy atom. The first-order valence-electron chi connectivity index (χ1n) is 9.02. The molecule has 8 heteroatoms. The third-order valence-electron chi connectivity index (χ3n) is 4.68. The summed E-state index contributed by atoms with van der Waals surface area (Å²) in [5.41, 5.74) is 0.539. The number of fused-ring (bicyclic) bond motifs is 1. The Morgan fingerprint density at radius 3 is 2.43 bits per heavy atom. The van der Waals surface area contributed by atoms with Crippen LogP contribution in [0.25, 0.3) is 20.7 Å². The average molecular weight is 402 g/mol. The van der Waals surface area contributed by atoms with Gasteiger partial charge in [-0.15, -0.1) is 11.3 Å². The molecule has 28 heavy (non-hydrogen) atoms. The molecule has 0 fully saturated rings. The summed E-state index contributed by atoms with van der Waals surface area (Å²) in [4.78, 5) is 38.5. The summed E-state index contributed by atoms with van der Waals surface area (Å²) in [6.07, 6.45) is 1.64. The van der Waals surface area contributed by atoms with Crippen LogP contribution in [0.3, 0.4) is 0 Å². The zero-order valence-corrected chi connectivity index (χ0v) is 16.8. The maximum Gasteiger partial charge on any atom is 0.332 e. The summed E-state index contributed by atoms with van der Waals surface area (Å²) in [5, 5.41) is 9.55. The van der Waals surface area contributed by atoms with Gasteiger partial charge in [-0.3, -0.25) is 14.2 Å². The SMILES string of the molecule is CCCCn1c(=O)n(CC(=O)O)c(=O)c2c(C)c(-c3ccc(OC)cc3)sc21. The third kappa shape index (κ3) is 3.47. The van der Waals surface area contributed by atoms with Crippen LogP contribution in [0.15, 0.2) is 33.9 Å². The number of benzene rings is 1. The summed E-state index contributed by atoms with van der Waals surface area (Å²) >= 11 is 1.38. The van der Waals surface area contributed by atoms with Crippen molar-refractivity contribution in [3.63, 3.8) is 0 Å². The number of methoxy groups -OCH3 is 1. The van der Waals surface area contributed by atoms with Crippen LogP contribution in [0.1, 0.15) is 25.3 Å². The second-order valence-electron chi connectivity index (χ2n) is 6.54. The van der Waals surface area contributed by atoms with E-state index in [4.69, 9.17) is 9.84 Å². The van der Waals surface area contributed by atoms with Crippen molar-refractivity contribution in [2.45, 2.75) is 39.8 Å². The lowest BCUT2D eigenvalue weighted by Gasteiger charge is -2.10. The minimum atomic E-state index is -1.22. The first-order chi connectivity index (χ1) is 13.4. The van der Waals surface area contributed by atoms with E-state index in [0.717, 1.165) is 39.2 Å². The molecule has 0 saturated heterocycles. The van der Waals surface area contributed by atoms with Crippen LogP contribution in [0.5, 0.6) is 5.75 Å². The number of aryl methyl sites for hydroxylation is 2. The van der Waals surface area contributed by atoms with Gasteiger partial charge in [-0.1, -0.05) is 13.3 Å². The highest BCUT2D eigenvalue weighted by Crippen LogP contribution is 2.36. The zero-order chi connectivity index (χ0) is 20.4. The molecule has 148 valence electrons. The normalized spacial score (nSPS) is 11.1. The number of unbranched alkanes of at least 4 members (excludes halogenated alkanes) is 1. The molecule has 3 rings (SSSR count). The van der Waals surface area contributed by atoms with E-state index in [0.29, 0.717) is 16.8 Å². The maximum absolute atomic E-state index is 12.9. The number of aromatic nitrogens is 2. The minimum Gasteiger partial charge on any atom is -0.497 e. The van der Waals surface area contributed by atoms with Crippen LogP contribution in [0.4, 0.5) is 0 Å². The van der Waals surface area contributed by atoms with Crippen molar-refractivity contribution in [2.24, 2.45) is 0 Å². The minimum absolute atomic E-state index is 0.410. The van der Waals surface area contributed by atoms with Crippen molar-refractivity contribution in [3.8, 4) is 16.2 Å². The number of nitrogens with zero attached hydrogens (tertiary/aromatic N) is 2. The molecule has 1 N–H and O–H groups in total. The predicted octanol–water partition coefficient (Wildman–Crippen LogP) is 3.09. The Kier molecular flexibility index (Phi) is 5.69. The molecule has 0 saturated carbocycles. The van der Waals surface area contributed by atoms with E-state index in [1.807, 2.05) is 38.1 Å². The number of ether oxygens (including phenoxy) is 1. The molecule has 0 aliphatic rings. The largest absolute Gasteiger partial charge is 0.497 e. The molecule has 0 amide bonds. The van der Waals surface area contributed by atoms with Crippen LogP contribution in [-0.4, -0.2) is 27.3 Å². The molecule has 0 bridgehead atoms. The van der Waals surface area contributed by atoms with E-state index < -0.39 is 23.8 Å². The summed E-state index contributed by atoms with van der Waals surface area (Å²) in [7, 11) is 1.59. The Morgan fingerprint density at radius 1 is 1.18 bits per heavy atom. The highest BCUT2D eigenvalue weighted by molar-refractivity contribution is 7.22. The van der Waals surface area contributed by atoms with Crippen LogP contribution in [-0.2, 0) is 17.9 Å². The van der Waals surface area contributed by atoms with E-state index in [-0.39, 0.29) is 0 Å². The number of hydrogen-bond acceptors (Lipinski definition) is 5. The molecule has 0 aliphatic heterocycles. The van der Waals surface area contributed by atoms with E-state index in [1.165, 1.54) is 15.9 Å². The highest BCUT2D eigenvalue weighted by atomic mass is 32.1. The Hall–Kier alpha value is -2.87. The molecular formula is C20H22N2O5S. The molecule has 0 radical (unpaired) electrons. The van der Waals surface area contributed by atoms with E-state index in [2.05, 4.69) is 0 Å². The van der Waals surface area contributed by atoms with Gasteiger partial charge in [0, 0.05) is 11.4 Å². The van der Waals surface area contributed by atoms with Gasteiger partial charge in [0.05, 0.1) is 12.5 Å². The zero-order valence-electron chi connectivity index (χ0n) is 16.0. The fourth-order valence-electron chi connectivity index (χ4n) is 3.20. The van der Waals surface area contributed by atoms with Gasteiger partial charge in [0.25, 0.3) is 5.56 Å². The fourth-order valence-corrected chi connectivity index (χ4v) is 4.52. The molecule has 3 aromatic rings. The van der Waals surface area contributed by atoms with E-state index in [9.17, 15) is 14.4 Å². The molecule has 0 unspecified atom stereocenters. The third-order valence-corrected chi connectivity index (χ3v) is 6.04. The topological polar surface area (TPSA) is 90.5 Å². The van der Waals surface area contributed by atoms with Crippen molar-refractivity contribution < 1.29 is 14.6 Å². The van der Waals surface area contributed by atoms with Crippen molar-refractivity contribution in [2.75, 3.05) is 7.11 Å². The van der Waals surface area contributed by atoms with Crippen molar-refractivity contribution in [3.05, 3.63) is 50.7 Å². The van der Waals surface area contributed by atoms with Crippen molar-refractivity contribution in [1.82, 2.24) is 9.13 Å². The molecule has 2 aromatic heterocycles. The number of hydrogen-bond donors (Lipinski definition) is 1. The monoisotopic (exact) mass is 402 g/mol. The van der Waals surface area contributed by atoms with Crippen molar-refractivity contribution >= 4 is 27.5 Å². The second kappa shape index (κ2) is 8.02. The molecular weight excluding hydrogens is 380 g/mol. The predicted molar refractivity (Wildman–Crippen MR) is 110 cm³/mol. The lowest BCUT2D eigenvalue weighted by atomic mass is 10.1. The number of thiophene rings is 1. The molecule has 0 spiro atoms. The van der Waals surface area contributed by atoms with Crippen molar-refractivity contribution in [1.29, 1.82) is 0 Å². The Balaban J connectivity index is 2.31. The number of carboxylic acids is 1. The van der Waals surface area contributed by atoms with Crippen LogP contribution in [0.2, 0.25) is 0 Å². The van der Waals surface area contributed by atoms with Gasteiger partial charge >= 0.3 is 11.7 Å². The molecule has 2 heterocycles. The number of carbonyl (C=O) groups is 1. The second-order valence-corrected chi connectivity index (χ2v) is 7.54. The summed E-state index contributed by atoms with van der Waals surface area (Å²) < 4.78 is 7.55. The summed E-state index contributed by atoms with van der Waals surface area (Å²) in [5.74, 6) is -0.491. The van der Waals surface area contributed by atoms with Gasteiger partial charge in [0.2, 0.25) is 0 Å². The van der Waals surface area contributed by atoms with Gasteiger partial charge < -0.3 is 9.84 Å².